The topological polar surface area (TPSA) is 83.8 Å². The maximum absolute atomic E-state index is 12.0. The van der Waals surface area contributed by atoms with Gasteiger partial charge in [0.25, 0.3) is 10.1 Å². The molecule has 1 atom stereocenters. The van der Waals surface area contributed by atoms with Crippen molar-refractivity contribution >= 4 is 56.9 Å². The first-order valence-electron chi connectivity index (χ1n) is 7.75. The highest BCUT2D eigenvalue weighted by Crippen LogP contribution is 2.43. The minimum atomic E-state index is -4.47. The second kappa shape index (κ2) is 8.27. The molecule has 9 heteroatoms. The monoisotopic (exact) mass is 442 g/mol. The predicted octanol–water partition coefficient (Wildman–Crippen LogP) is 2.91. The number of thiophene rings is 1. The number of rotatable bonds is 6. The first-order valence-corrected chi connectivity index (χ1v) is 11.8. The second-order valence-corrected chi connectivity index (χ2v) is 10.4. The molecule has 2 aromatic carbocycles. The van der Waals surface area contributed by atoms with Crippen LogP contribution in [0, 0.1) is 0 Å². The minimum Gasteiger partial charge on any atom is -0.496 e. The molecule has 0 bridgehead atoms. The van der Waals surface area contributed by atoms with Gasteiger partial charge in [0, 0.05) is 16.0 Å². The van der Waals surface area contributed by atoms with E-state index < -0.39 is 18.0 Å². The fourth-order valence-corrected chi connectivity index (χ4v) is 8.51. The van der Waals surface area contributed by atoms with Crippen LogP contribution in [0.2, 0.25) is 4.34 Å². The summed E-state index contributed by atoms with van der Waals surface area (Å²) in [7, 11) is -4.46. The van der Waals surface area contributed by atoms with Crippen LogP contribution in [0.4, 0.5) is 0 Å². The normalized spacial score (nSPS) is 12.7. The van der Waals surface area contributed by atoms with E-state index in [-0.39, 0.29) is 15.8 Å². The number of para-hydroxylation sites is 1. The summed E-state index contributed by atoms with van der Waals surface area (Å²) in [5.41, 5.74) is 0.651. The number of ether oxygens (including phenoxy) is 1. The molecule has 2 N–H and O–H groups in total. The fourth-order valence-electron chi connectivity index (χ4n) is 2.74. The van der Waals surface area contributed by atoms with Crippen molar-refractivity contribution in [3.63, 3.8) is 0 Å². The summed E-state index contributed by atoms with van der Waals surface area (Å²) in [6.45, 7) is -0.215. The Morgan fingerprint density at radius 3 is 2.37 bits per heavy atom. The molecule has 3 aromatic rings. The van der Waals surface area contributed by atoms with Crippen LogP contribution in [0.1, 0.15) is 5.56 Å². The molecule has 3 rings (SSSR count). The Morgan fingerprint density at radius 1 is 1.11 bits per heavy atom. The minimum absolute atomic E-state index is 0.215. The van der Waals surface area contributed by atoms with Crippen molar-refractivity contribution in [2.75, 3.05) is 7.11 Å². The first kappa shape index (κ1) is 20.3. The van der Waals surface area contributed by atoms with E-state index in [9.17, 15) is 18.1 Å². The SMILES string of the molecule is COc1ccccc1P(c1ccccc1CO)c1c(S(=O)(=O)O)csc1Cl. The zero-order valence-corrected chi connectivity index (χ0v) is 17.4. The van der Waals surface area contributed by atoms with Gasteiger partial charge in [0.05, 0.1) is 13.7 Å². The number of aliphatic hydroxyl groups excluding tert-OH is 1. The lowest BCUT2D eigenvalue weighted by Gasteiger charge is -2.23. The molecular formula is C18H16ClO5PS2. The van der Waals surface area contributed by atoms with Crippen molar-refractivity contribution < 1.29 is 22.8 Å². The smallest absolute Gasteiger partial charge is 0.296 e. The largest absolute Gasteiger partial charge is 0.496 e. The molecule has 0 radical (unpaired) electrons. The third kappa shape index (κ3) is 4.04. The highest BCUT2D eigenvalue weighted by molar-refractivity contribution is 7.88. The van der Waals surface area contributed by atoms with Crippen LogP contribution in [-0.4, -0.2) is 25.2 Å². The molecule has 0 aliphatic heterocycles. The summed E-state index contributed by atoms with van der Waals surface area (Å²) in [6, 6.07) is 14.4. The standard InChI is InChI=1S/C18H16ClO5PS2/c1-24-13-7-3-5-9-15(13)25(14-8-4-2-6-12(14)10-20)17-16(27(21,22)23)11-26-18(17)19/h2-9,11,20H,10H2,1H3,(H,21,22,23). The Morgan fingerprint density at radius 2 is 1.74 bits per heavy atom. The average molecular weight is 443 g/mol. The first-order chi connectivity index (χ1) is 12.9. The van der Waals surface area contributed by atoms with Gasteiger partial charge in [0.2, 0.25) is 0 Å². The van der Waals surface area contributed by atoms with Crippen LogP contribution in [0.5, 0.6) is 5.75 Å². The maximum atomic E-state index is 12.0. The van der Waals surface area contributed by atoms with Gasteiger partial charge in [-0.15, -0.1) is 11.3 Å². The van der Waals surface area contributed by atoms with E-state index in [0.717, 1.165) is 21.9 Å². The Bertz CT molecular complexity index is 1020. The van der Waals surface area contributed by atoms with Crippen molar-refractivity contribution in [1.82, 2.24) is 0 Å². The van der Waals surface area contributed by atoms with Gasteiger partial charge in [-0.3, -0.25) is 4.55 Å². The maximum Gasteiger partial charge on any atom is 0.296 e. The molecule has 0 aliphatic carbocycles. The zero-order valence-electron chi connectivity index (χ0n) is 14.2. The molecule has 1 unspecified atom stereocenters. The van der Waals surface area contributed by atoms with Crippen molar-refractivity contribution in [3.05, 3.63) is 63.8 Å². The van der Waals surface area contributed by atoms with Crippen molar-refractivity contribution in [2.45, 2.75) is 11.5 Å². The van der Waals surface area contributed by atoms with E-state index in [0.29, 0.717) is 16.6 Å². The van der Waals surface area contributed by atoms with Crippen LogP contribution in [-0.2, 0) is 16.7 Å². The number of methoxy groups -OCH3 is 1. The van der Waals surface area contributed by atoms with Gasteiger partial charge in [-0.25, -0.2) is 0 Å². The lowest BCUT2D eigenvalue weighted by atomic mass is 10.2. The van der Waals surface area contributed by atoms with E-state index in [2.05, 4.69) is 0 Å². The summed E-state index contributed by atoms with van der Waals surface area (Å²) in [6.07, 6.45) is 0. The number of aliphatic hydroxyl groups is 1. The van der Waals surface area contributed by atoms with Gasteiger partial charge < -0.3 is 9.84 Å². The highest BCUT2D eigenvalue weighted by atomic mass is 35.5. The predicted molar refractivity (Wildman–Crippen MR) is 110 cm³/mol. The number of benzene rings is 2. The lowest BCUT2D eigenvalue weighted by molar-refractivity contribution is 0.283. The summed E-state index contributed by atoms with van der Waals surface area (Å²) in [4.78, 5) is -0.220. The lowest BCUT2D eigenvalue weighted by Crippen LogP contribution is -2.27. The molecule has 0 saturated heterocycles. The second-order valence-electron chi connectivity index (χ2n) is 5.49. The van der Waals surface area contributed by atoms with E-state index in [1.165, 1.54) is 12.5 Å². The van der Waals surface area contributed by atoms with Crippen molar-refractivity contribution in [2.24, 2.45) is 0 Å². The number of hydrogen-bond donors (Lipinski definition) is 2. The van der Waals surface area contributed by atoms with Gasteiger partial charge >= 0.3 is 0 Å². The molecule has 5 nitrogen and oxygen atoms in total. The molecule has 0 saturated carbocycles. The molecular weight excluding hydrogens is 427 g/mol. The molecule has 1 heterocycles. The van der Waals surface area contributed by atoms with Gasteiger partial charge in [-0.2, -0.15) is 8.42 Å². The number of halogens is 1. The molecule has 0 aliphatic rings. The van der Waals surface area contributed by atoms with E-state index in [1.807, 2.05) is 30.3 Å². The molecule has 0 fully saturated rings. The number of hydrogen-bond acceptors (Lipinski definition) is 5. The summed E-state index contributed by atoms with van der Waals surface area (Å²) >= 11 is 7.43. The van der Waals surface area contributed by atoms with Crippen LogP contribution in [0.15, 0.2) is 58.8 Å². The molecule has 27 heavy (non-hydrogen) atoms. The van der Waals surface area contributed by atoms with Gasteiger partial charge in [0.15, 0.2) is 0 Å². The third-order valence-corrected chi connectivity index (χ3v) is 9.28. The molecule has 0 amide bonds. The Balaban J connectivity index is 2.39. The molecule has 142 valence electrons. The summed E-state index contributed by atoms with van der Waals surface area (Å²) in [5.74, 6) is 0.569. The Hall–Kier alpha value is -1.47. The summed E-state index contributed by atoms with van der Waals surface area (Å²) in [5, 5.41) is 13.0. The van der Waals surface area contributed by atoms with Crippen molar-refractivity contribution in [3.8, 4) is 5.75 Å². The van der Waals surface area contributed by atoms with Gasteiger partial charge in [-0.05, 0) is 24.9 Å². The van der Waals surface area contributed by atoms with Crippen LogP contribution in [0.3, 0.4) is 0 Å². The van der Waals surface area contributed by atoms with Crippen molar-refractivity contribution in [1.29, 1.82) is 0 Å². The molecule has 0 spiro atoms. The Labute approximate surface area is 167 Å². The fraction of sp³-hybridized carbons (Fsp3) is 0.111. The van der Waals surface area contributed by atoms with Gasteiger partial charge in [0.1, 0.15) is 15.0 Å². The average Bonchev–Trinajstić information content (AvgIpc) is 3.04. The van der Waals surface area contributed by atoms with E-state index in [1.54, 1.807) is 18.2 Å². The third-order valence-electron chi connectivity index (χ3n) is 3.92. The van der Waals surface area contributed by atoms with E-state index >= 15 is 0 Å². The van der Waals surface area contributed by atoms with E-state index in [4.69, 9.17) is 16.3 Å². The quantitative estimate of drug-likeness (QED) is 0.453. The summed E-state index contributed by atoms with van der Waals surface area (Å²) < 4.78 is 39.4. The van der Waals surface area contributed by atoms with Gasteiger partial charge in [-0.1, -0.05) is 54.1 Å². The Kier molecular flexibility index (Phi) is 6.21. The molecule has 1 aromatic heterocycles. The van der Waals surface area contributed by atoms with Crippen LogP contribution < -0.4 is 20.7 Å². The zero-order chi connectivity index (χ0) is 19.6. The highest BCUT2D eigenvalue weighted by Gasteiger charge is 2.31. The van der Waals surface area contributed by atoms with Crippen LogP contribution >= 0.6 is 30.9 Å². The van der Waals surface area contributed by atoms with Crippen LogP contribution in [0.25, 0.3) is 0 Å².